The van der Waals surface area contributed by atoms with Crippen LogP contribution in [-0.4, -0.2) is 32.1 Å². The number of benzene rings is 1. The standard InChI is InChI=1S/C21H24N6O2/c1-2-3-4-13-27-15-19(24-26-27)16-29-20-7-5-17(6-8-20)14-23-25-21(28)18-9-11-22-12-10-18/h5-12,14-15H,2-4,13,16H2,1H3,(H,25,28)/b23-14+. The molecule has 3 aromatic rings. The van der Waals surface area contributed by atoms with Gasteiger partial charge in [0.15, 0.2) is 0 Å². The topological polar surface area (TPSA) is 94.3 Å². The van der Waals surface area contributed by atoms with Gasteiger partial charge in [-0.3, -0.25) is 14.5 Å². The van der Waals surface area contributed by atoms with E-state index in [1.165, 1.54) is 12.8 Å². The minimum atomic E-state index is -0.286. The molecule has 0 saturated heterocycles. The van der Waals surface area contributed by atoms with Crippen molar-refractivity contribution in [3.05, 3.63) is 71.8 Å². The van der Waals surface area contributed by atoms with Crippen molar-refractivity contribution in [1.29, 1.82) is 0 Å². The van der Waals surface area contributed by atoms with Crippen molar-refractivity contribution in [2.75, 3.05) is 0 Å². The van der Waals surface area contributed by atoms with E-state index in [-0.39, 0.29) is 5.91 Å². The average Bonchev–Trinajstić information content (AvgIpc) is 3.22. The summed E-state index contributed by atoms with van der Waals surface area (Å²) in [5.74, 6) is 0.440. The number of carbonyl (C=O) groups excluding carboxylic acids is 1. The largest absolute Gasteiger partial charge is 0.487 e. The van der Waals surface area contributed by atoms with Gasteiger partial charge in [-0.1, -0.05) is 25.0 Å². The fourth-order valence-electron chi connectivity index (χ4n) is 2.58. The second-order valence-electron chi connectivity index (χ2n) is 6.47. The summed E-state index contributed by atoms with van der Waals surface area (Å²) in [5, 5.41) is 12.2. The third-order valence-electron chi connectivity index (χ3n) is 4.17. The van der Waals surface area contributed by atoms with Gasteiger partial charge in [0.25, 0.3) is 5.91 Å². The predicted octanol–water partition coefficient (Wildman–Crippen LogP) is 3.21. The molecule has 0 atom stereocenters. The van der Waals surface area contributed by atoms with Gasteiger partial charge in [0, 0.05) is 24.5 Å². The van der Waals surface area contributed by atoms with E-state index < -0.39 is 0 Å². The summed E-state index contributed by atoms with van der Waals surface area (Å²) < 4.78 is 7.61. The van der Waals surface area contributed by atoms with E-state index in [9.17, 15) is 4.79 Å². The van der Waals surface area contributed by atoms with E-state index >= 15 is 0 Å². The van der Waals surface area contributed by atoms with Crippen molar-refractivity contribution in [2.24, 2.45) is 5.10 Å². The zero-order valence-corrected chi connectivity index (χ0v) is 16.4. The predicted molar refractivity (Wildman–Crippen MR) is 110 cm³/mol. The van der Waals surface area contributed by atoms with Crippen molar-refractivity contribution in [1.82, 2.24) is 25.4 Å². The number of hydrogen-bond acceptors (Lipinski definition) is 6. The Morgan fingerprint density at radius 1 is 1.17 bits per heavy atom. The van der Waals surface area contributed by atoms with Crippen LogP contribution in [0, 0.1) is 0 Å². The highest BCUT2D eigenvalue weighted by atomic mass is 16.5. The van der Waals surface area contributed by atoms with Crippen LogP contribution < -0.4 is 10.2 Å². The van der Waals surface area contributed by atoms with E-state index in [0.29, 0.717) is 12.2 Å². The zero-order valence-electron chi connectivity index (χ0n) is 16.4. The molecule has 2 heterocycles. The number of aryl methyl sites for hydroxylation is 1. The van der Waals surface area contributed by atoms with E-state index in [1.807, 2.05) is 35.1 Å². The van der Waals surface area contributed by atoms with E-state index in [4.69, 9.17) is 4.74 Å². The first kappa shape index (κ1) is 20.2. The van der Waals surface area contributed by atoms with E-state index in [2.05, 4.69) is 32.7 Å². The molecular weight excluding hydrogens is 368 g/mol. The molecule has 29 heavy (non-hydrogen) atoms. The molecule has 0 aliphatic carbocycles. The molecule has 8 heteroatoms. The number of pyridine rings is 1. The first-order valence-electron chi connectivity index (χ1n) is 9.60. The summed E-state index contributed by atoms with van der Waals surface area (Å²) in [6, 6.07) is 10.7. The fraction of sp³-hybridized carbons (Fsp3) is 0.286. The molecule has 0 spiro atoms. The monoisotopic (exact) mass is 392 g/mol. The molecule has 1 aromatic carbocycles. The van der Waals surface area contributed by atoms with Gasteiger partial charge < -0.3 is 4.74 Å². The highest BCUT2D eigenvalue weighted by Crippen LogP contribution is 2.13. The molecule has 8 nitrogen and oxygen atoms in total. The Morgan fingerprint density at radius 3 is 2.72 bits per heavy atom. The van der Waals surface area contributed by atoms with Crippen LogP contribution in [0.5, 0.6) is 5.75 Å². The number of hydrazone groups is 1. The first-order valence-corrected chi connectivity index (χ1v) is 9.60. The lowest BCUT2D eigenvalue weighted by molar-refractivity contribution is 0.0955. The molecule has 3 rings (SSSR count). The van der Waals surface area contributed by atoms with Gasteiger partial charge in [-0.25, -0.2) is 5.43 Å². The van der Waals surface area contributed by atoms with Gasteiger partial charge in [-0.05, 0) is 48.4 Å². The molecule has 0 bridgehead atoms. The molecule has 1 N–H and O–H groups in total. The van der Waals surface area contributed by atoms with Gasteiger partial charge in [0.2, 0.25) is 0 Å². The van der Waals surface area contributed by atoms with Crippen molar-refractivity contribution in [3.63, 3.8) is 0 Å². The Balaban J connectivity index is 1.44. The van der Waals surface area contributed by atoms with E-state index in [0.717, 1.165) is 30.0 Å². The lowest BCUT2D eigenvalue weighted by Crippen LogP contribution is -2.17. The molecular formula is C21H24N6O2. The number of carbonyl (C=O) groups is 1. The molecule has 1 amide bonds. The van der Waals surface area contributed by atoms with Crippen molar-refractivity contribution in [3.8, 4) is 5.75 Å². The van der Waals surface area contributed by atoms with E-state index in [1.54, 1.807) is 30.7 Å². The number of nitrogens with one attached hydrogen (secondary N) is 1. The summed E-state index contributed by atoms with van der Waals surface area (Å²) in [7, 11) is 0. The molecule has 0 aliphatic rings. The zero-order chi connectivity index (χ0) is 20.3. The smallest absolute Gasteiger partial charge is 0.271 e. The van der Waals surface area contributed by atoms with Crippen LogP contribution >= 0.6 is 0 Å². The van der Waals surface area contributed by atoms with Crippen molar-refractivity contribution >= 4 is 12.1 Å². The maximum Gasteiger partial charge on any atom is 0.271 e. The third kappa shape index (κ3) is 6.53. The van der Waals surface area contributed by atoms with Crippen LogP contribution in [0.3, 0.4) is 0 Å². The number of amides is 1. The van der Waals surface area contributed by atoms with Crippen LogP contribution in [-0.2, 0) is 13.2 Å². The number of aromatic nitrogens is 4. The summed E-state index contributed by atoms with van der Waals surface area (Å²) in [6.45, 7) is 3.42. The van der Waals surface area contributed by atoms with Gasteiger partial charge >= 0.3 is 0 Å². The van der Waals surface area contributed by atoms with Crippen LogP contribution in [0.1, 0.15) is 47.8 Å². The molecule has 0 radical (unpaired) electrons. The fourth-order valence-corrected chi connectivity index (χ4v) is 2.58. The van der Waals surface area contributed by atoms with Crippen LogP contribution in [0.2, 0.25) is 0 Å². The summed E-state index contributed by atoms with van der Waals surface area (Å²) >= 11 is 0. The second-order valence-corrected chi connectivity index (χ2v) is 6.47. The molecule has 150 valence electrons. The quantitative estimate of drug-likeness (QED) is 0.325. The minimum Gasteiger partial charge on any atom is -0.487 e. The lowest BCUT2D eigenvalue weighted by atomic mass is 10.2. The Hall–Kier alpha value is -3.55. The Morgan fingerprint density at radius 2 is 1.97 bits per heavy atom. The molecule has 0 fully saturated rings. The molecule has 0 aliphatic heterocycles. The van der Waals surface area contributed by atoms with Crippen LogP contribution in [0.15, 0.2) is 60.1 Å². The van der Waals surface area contributed by atoms with Gasteiger partial charge in [0.05, 0.1) is 12.4 Å². The molecule has 0 unspecified atom stereocenters. The molecule has 2 aromatic heterocycles. The number of nitrogens with zero attached hydrogens (tertiary/aromatic N) is 5. The van der Waals surface area contributed by atoms with Crippen LogP contribution in [0.25, 0.3) is 0 Å². The number of ether oxygens (including phenoxy) is 1. The van der Waals surface area contributed by atoms with Gasteiger partial charge in [0.1, 0.15) is 18.1 Å². The maximum atomic E-state index is 11.9. The summed E-state index contributed by atoms with van der Waals surface area (Å²) in [4.78, 5) is 15.8. The minimum absolute atomic E-state index is 0.286. The summed E-state index contributed by atoms with van der Waals surface area (Å²) in [5.41, 5.74) is 4.63. The van der Waals surface area contributed by atoms with Crippen LogP contribution in [0.4, 0.5) is 0 Å². The SMILES string of the molecule is CCCCCn1cc(COc2ccc(/C=N/NC(=O)c3ccncc3)cc2)nn1. The Bertz CT molecular complexity index is 922. The number of rotatable bonds is 10. The second kappa shape index (κ2) is 10.7. The maximum absolute atomic E-state index is 11.9. The van der Waals surface area contributed by atoms with Gasteiger partial charge in [-0.15, -0.1) is 5.10 Å². The third-order valence-corrected chi connectivity index (χ3v) is 4.17. The van der Waals surface area contributed by atoms with Gasteiger partial charge in [-0.2, -0.15) is 5.10 Å². The highest BCUT2D eigenvalue weighted by Gasteiger charge is 2.03. The number of unbranched alkanes of at least 4 members (excludes halogenated alkanes) is 2. The summed E-state index contributed by atoms with van der Waals surface area (Å²) in [6.07, 6.45) is 10.1. The Labute approximate surface area is 169 Å². The van der Waals surface area contributed by atoms with Crippen molar-refractivity contribution < 1.29 is 9.53 Å². The lowest BCUT2D eigenvalue weighted by Gasteiger charge is -2.04. The highest BCUT2D eigenvalue weighted by molar-refractivity contribution is 5.94. The normalized spacial score (nSPS) is 10.9. The molecule has 0 saturated carbocycles. The number of hydrogen-bond donors (Lipinski definition) is 1. The first-order chi connectivity index (χ1) is 14.2. The van der Waals surface area contributed by atoms with Crippen molar-refractivity contribution in [2.45, 2.75) is 39.3 Å². The average molecular weight is 392 g/mol. The Kier molecular flexibility index (Phi) is 7.45.